The SMILES string of the molecule is CCn1cnnc1CNC(C)c1ccoc1. The minimum absolute atomic E-state index is 0.251. The first-order valence-electron chi connectivity index (χ1n) is 5.43. The Balaban J connectivity index is 1.92. The first kappa shape index (κ1) is 10.9. The fraction of sp³-hybridized carbons (Fsp3) is 0.455. The first-order valence-corrected chi connectivity index (χ1v) is 5.43. The summed E-state index contributed by atoms with van der Waals surface area (Å²) in [6.45, 7) is 5.77. The number of nitrogens with one attached hydrogen (secondary N) is 1. The standard InChI is InChI=1S/C11H16N4O/c1-3-15-8-13-14-11(15)6-12-9(2)10-4-5-16-7-10/h4-5,7-9,12H,3,6H2,1-2H3. The van der Waals surface area contributed by atoms with Crippen LogP contribution in [0, 0.1) is 0 Å². The third-order valence-electron chi connectivity index (χ3n) is 2.65. The number of hydrogen-bond acceptors (Lipinski definition) is 4. The Labute approximate surface area is 94.5 Å². The Bertz CT molecular complexity index is 421. The monoisotopic (exact) mass is 220 g/mol. The van der Waals surface area contributed by atoms with E-state index in [4.69, 9.17) is 4.42 Å². The van der Waals surface area contributed by atoms with Crippen molar-refractivity contribution in [1.29, 1.82) is 0 Å². The molecule has 0 aliphatic carbocycles. The van der Waals surface area contributed by atoms with E-state index in [1.54, 1.807) is 18.9 Å². The third kappa shape index (κ3) is 2.30. The van der Waals surface area contributed by atoms with E-state index >= 15 is 0 Å². The smallest absolute Gasteiger partial charge is 0.146 e. The fourth-order valence-corrected chi connectivity index (χ4v) is 1.56. The van der Waals surface area contributed by atoms with Crippen LogP contribution >= 0.6 is 0 Å². The Morgan fingerprint density at radius 2 is 2.44 bits per heavy atom. The molecule has 2 aromatic rings. The van der Waals surface area contributed by atoms with Crippen molar-refractivity contribution in [3.8, 4) is 0 Å². The molecule has 16 heavy (non-hydrogen) atoms. The molecule has 0 spiro atoms. The number of hydrogen-bond donors (Lipinski definition) is 1. The molecule has 0 amide bonds. The van der Waals surface area contributed by atoms with Gasteiger partial charge in [-0.2, -0.15) is 0 Å². The Morgan fingerprint density at radius 3 is 3.12 bits per heavy atom. The van der Waals surface area contributed by atoms with Gasteiger partial charge in [0.1, 0.15) is 12.2 Å². The Morgan fingerprint density at radius 1 is 1.56 bits per heavy atom. The molecule has 1 N–H and O–H groups in total. The molecule has 2 heterocycles. The van der Waals surface area contributed by atoms with Gasteiger partial charge in [0.15, 0.2) is 0 Å². The van der Waals surface area contributed by atoms with Gasteiger partial charge in [-0.05, 0) is 19.9 Å². The molecule has 0 radical (unpaired) electrons. The molecule has 0 aliphatic heterocycles. The normalized spacial score (nSPS) is 12.9. The van der Waals surface area contributed by atoms with Crippen LogP contribution in [0.25, 0.3) is 0 Å². The lowest BCUT2D eigenvalue weighted by atomic mass is 10.2. The zero-order chi connectivity index (χ0) is 11.4. The van der Waals surface area contributed by atoms with Gasteiger partial charge >= 0.3 is 0 Å². The number of rotatable bonds is 5. The number of furan rings is 1. The van der Waals surface area contributed by atoms with E-state index in [9.17, 15) is 0 Å². The van der Waals surface area contributed by atoms with Gasteiger partial charge in [-0.1, -0.05) is 0 Å². The minimum Gasteiger partial charge on any atom is -0.472 e. The molecule has 1 unspecified atom stereocenters. The van der Waals surface area contributed by atoms with Crippen molar-refractivity contribution < 1.29 is 4.42 Å². The number of nitrogens with zero attached hydrogens (tertiary/aromatic N) is 3. The molecule has 2 rings (SSSR count). The van der Waals surface area contributed by atoms with Crippen LogP contribution in [-0.2, 0) is 13.1 Å². The van der Waals surface area contributed by atoms with Gasteiger partial charge in [0.05, 0.1) is 19.1 Å². The van der Waals surface area contributed by atoms with Crippen molar-refractivity contribution in [2.45, 2.75) is 33.0 Å². The average Bonchev–Trinajstić information content (AvgIpc) is 2.96. The highest BCUT2D eigenvalue weighted by Gasteiger charge is 2.08. The van der Waals surface area contributed by atoms with Crippen molar-refractivity contribution in [3.05, 3.63) is 36.3 Å². The van der Waals surface area contributed by atoms with E-state index in [2.05, 4.69) is 29.4 Å². The summed E-state index contributed by atoms with van der Waals surface area (Å²) in [6.07, 6.45) is 5.18. The van der Waals surface area contributed by atoms with Crippen LogP contribution < -0.4 is 5.32 Å². The lowest BCUT2D eigenvalue weighted by molar-refractivity contribution is 0.522. The van der Waals surface area contributed by atoms with E-state index in [-0.39, 0.29) is 6.04 Å². The van der Waals surface area contributed by atoms with Crippen molar-refractivity contribution in [2.75, 3.05) is 0 Å². The summed E-state index contributed by atoms with van der Waals surface area (Å²) in [4.78, 5) is 0. The van der Waals surface area contributed by atoms with Gasteiger partial charge in [0.25, 0.3) is 0 Å². The van der Waals surface area contributed by atoms with Gasteiger partial charge in [0, 0.05) is 18.2 Å². The highest BCUT2D eigenvalue weighted by molar-refractivity contribution is 5.10. The average molecular weight is 220 g/mol. The van der Waals surface area contributed by atoms with Gasteiger partial charge in [-0.15, -0.1) is 10.2 Å². The van der Waals surface area contributed by atoms with Gasteiger partial charge in [-0.3, -0.25) is 0 Å². The van der Waals surface area contributed by atoms with Crippen molar-refractivity contribution >= 4 is 0 Å². The van der Waals surface area contributed by atoms with Crippen molar-refractivity contribution in [2.24, 2.45) is 0 Å². The highest BCUT2D eigenvalue weighted by atomic mass is 16.3. The molecule has 5 heteroatoms. The topological polar surface area (TPSA) is 55.9 Å². The summed E-state index contributed by atoms with van der Waals surface area (Å²) >= 11 is 0. The van der Waals surface area contributed by atoms with E-state index in [1.165, 1.54) is 0 Å². The van der Waals surface area contributed by atoms with Crippen LogP contribution in [0.15, 0.2) is 29.3 Å². The zero-order valence-electron chi connectivity index (χ0n) is 9.55. The Kier molecular flexibility index (Phi) is 3.36. The number of aromatic nitrogens is 3. The fourth-order valence-electron chi connectivity index (χ4n) is 1.56. The second-order valence-corrected chi connectivity index (χ2v) is 3.69. The lowest BCUT2D eigenvalue weighted by Gasteiger charge is -2.11. The molecule has 0 bridgehead atoms. The van der Waals surface area contributed by atoms with Crippen LogP contribution in [0.2, 0.25) is 0 Å². The molecule has 0 fully saturated rings. The van der Waals surface area contributed by atoms with Gasteiger partial charge in [0.2, 0.25) is 0 Å². The summed E-state index contributed by atoms with van der Waals surface area (Å²) in [6, 6.07) is 2.21. The van der Waals surface area contributed by atoms with E-state index in [0.29, 0.717) is 6.54 Å². The first-order chi connectivity index (χ1) is 7.81. The van der Waals surface area contributed by atoms with Crippen molar-refractivity contribution in [3.63, 3.8) is 0 Å². The molecular weight excluding hydrogens is 204 g/mol. The summed E-state index contributed by atoms with van der Waals surface area (Å²) in [5.74, 6) is 0.956. The largest absolute Gasteiger partial charge is 0.472 e. The van der Waals surface area contributed by atoms with Crippen LogP contribution in [0.1, 0.15) is 31.3 Å². The molecule has 2 aromatic heterocycles. The second kappa shape index (κ2) is 4.94. The second-order valence-electron chi connectivity index (χ2n) is 3.69. The van der Waals surface area contributed by atoms with Crippen molar-refractivity contribution in [1.82, 2.24) is 20.1 Å². The maximum Gasteiger partial charge on any atom is 0.146 e. The van der Waals surface area contributed by atoms with Gasteiger partial charge in [-0.25, -0.2) is 0 Å². The minimum atomic E-state index is 0.251. The molecule has 0 aliphatic rings. The third-order valence-corrected chi connectivity index (χ3v) is 2.65. The van der Waals surface area contributed by atoms with E-state index in [0.717, 1.165) is 17.9 Å². The zero-order valence-corrected chi connectivity index (χ0v) is 9.55. The Hall–Kier alpha value is -1.62. The predicted molar refractivity (Wildman–Crippen MR) is 59.7 cm³/mol. The van der Waals surface area contributed by atoms with E-state index in [1.807, 2.05) is 10.6 Å². The summed E-state index contributed by atoms with van der Waals surface area (Å²) in [7, 11) is 0. The van der Waals surface area contributed by atoms with Gasteiger partial charge < -0.3 is 14.3 Å². The van der Waals surface area contributed by atoms with Crippen LogP contribution in [0.4, 0.5) is 0 Å². The van der Waals surface area contributed by atoms with Crippen LogP contribution in [0.3, 0.4) is 0 Å². The predicted octanol–water partition coefficient (Wildman–Crippen LogP) is 1.74. The highest BCUT2D eigenvalue weighted by Crippen LogP contribution is 2.12. The summed E-state index contributed by atoms with van der Waals surface area (Å²) < 4.78 is 7.07. The molecule has 86 valence electrons. The molecule has 0 saturated heterocycles. The molecule has 1 atom stereocenters. The molecule has 0 saturated carbocycles. The maximum absolute atomic E-state index is 5.04. The van der Waals surface area contributed by atoms with Crippen LogP contribution in [-0.4, -0.2) is 14.8 Å². The molecule has 0 aromatic carbocycles. The maximum atomic E-state index is 5.04. The lowest BCUT2D eigenvalue weighted by Crippen LogP contribution is -2.20. The molecule has 5 nitrogen and oxygen atoms in total. The molecular formula is C11H16N4O. The number of aryl methyl sites for hydroxylation is 1. The van der Waals surface area contributed by atoms with Crippen LogP contribution in [0.5, 0.6) is 0 Å². The van der Waals surface area contributed by atoms with E-state index < -0.39 is 0 Å². The summed E-state index contributed by atoms with van der Waals surface area (Å²) in [5.41, 5.74) is 1.14. The summed E-state index contributed by atoms with van der Waals surface area (Å²) in [5, 5.41) is 11.3. The quantitative estimate of drug-likeness (QED) is 0.834.